The lowest BCUT2D eigenvalue weighted by Crippen LogP contribution is -2.50. The molecular formula is C38H39N5O8. The van der Waals surface area contributed by atoms with E-state index in [9.17, 15) is 24.0 Å². The van der Waals surface area contributed by atoms with E-state index in [1.54, 1.807) is 48.5 Å². The van der Waals surface area contributed by atoms with Crippen molar-refractivity contribution in [3.05, 3.63) is 143 Å². The minimum absolute atomic E-state index is 0.0132. The Morgan fingerprint density at radius 2 is 1.16 bits per heavy atom. The van der Waals surface area contributed by atoms with Crippen LogP contribution in [0.1, 0.15) is 34.2 Å². The monoisotopic (exact) mass is 693 g/mol. The van der Waals surface area contributed by atoms with Crippen molar-refractivity contribution in [1.82, 2.24) is 16.0 Å². The highest BCUT2D eigenvalue weighted by Crippen LogP contribution is 2.10. The fourth-order valence-electron chi connectivity index (χ4n) is 4.55. The molecule has 13 nitrogen and oxygen atoms in total. The number of nitrogens with two attached hydrogens (primary N) is 1. The lowest BCUT2D eigenvalue weighted by atomic mass is 10.0. The number of esters is 1. The van der Waals surface area contributed by atoms with Crippen molar-refractivity contribution in [2.24, 2.45) is 10.7 Å². The Morgan fingerprint density at radius 1 is 0.627 bits per heavy atom. The third-order valence-corrected chi connectivity index (χ3v) is 7.24. The number of hydrogen-bond acceptors (Lipinski definition) is 8. The summed E-state index contributed by atoms with van der Waals surface area (Å²) in [4.78, 5) is 66.3. The van der Waals surface area contributed by atoms with E-state index < -0.39 is 42.6 Å². The molecule has 4 aromatic rings. The number of hydrogen-bond donors (Lipinski definition) is 4. The third kappa shape index (κ3) is 13.9. The predicted octanol–water partition coefficient (Wildman–Crippen LogP) is 3.93. The summed E-state index contributed by atoms with van der Waals surface area (Å²) in [5.74, 6) is -1.73. The summed E-state index contributed by atoms with van der Waals surface area (Å²) in [6.07, 6.45) is -1.70. The van der Waals surface area contributed by atoms with Crippen LogP contribution in [0.3, 0.4) is 0 Å². The Morgan fingerprint density at radius 3 is 1.73 bits per heavy atom. The topological polar surface area (TPSA) is 188 Å². The van der Waals surface area contributed by atoms with Gasteiger partial charge in [0.15, 0.2) is 0 Å². The van der Waals surface area contributed by atoms with Gasteiger partial charge in [-0.15, -0.1) is 0 Å². The normalized spacial score (nSPS) is 11.4. The van der Waals surface area contributed by atoms with Crippen molar-refractivity contribution in [1.29, 1.82) is 0 Å². The van der Waals surface area contributed by atoms with Crippen molar-refractivity contribution in [3.63, 3.8) is 0 Å². The fourth-order valence-corrected chi connectivity index (χ4v) is 4.55. The molecule has 0 unspecified atom stereocenters. The number of alkyl carbamates (subject to hydrolysis) is 1. The highest BCUT2D eigenvalue weighted by Gasteiger charge is 2.23. The molecule has 4 aromatic carbocycles. The van der Waals surface area contributed by atoms with E-state index in [4.69, 9.17) is 19.9 Å². The van der Waals surface area contributed by atoms with Crippen LogP contribution in [0.2, 0.25) is 0 Å². The second kappa shape index (κ2) is 20.1. The average Bonchev–Trinajstić information content (AvgIpc) is 3.15. The maximum Gasteiger partial charge on any atom is 0.435 e. The van der Waals surface area contributed by atoms with Crippen LogP contribution in [0, 0.1) is 0 Å². The van der Waals surface area contributed by atoms with Gasteiger partial charge in [-0.25, -0.2) is 9.59 Å². The van der Waals surface area contributed by atoms with Gasteiger partial charge in [-0.3, -0.25) is 14.4 Å². The molecule has 4 amide bonds. The van der Waals surface area contributed by atoms with E-state index in [0.29, 0.717) is 11.1 Å². The van der Waals surface area contributed by atoms with Crippen LogP contribution in [0.4, 0.5) is 9.59 Å². The first-order chi connectivity index (χ1) is 24.7. The van der Waals surface area contributed by atoms with Crippen LogP contribution in [0.5, 0.6) is 0 Å². The summed E-state index contributed by atoms with van der Waals surface area (Å²) < 4.78 is 15.7. The predicted molar refractivity (Wildman–Crippen MR) is 188 cm³/mol. The Hall–Kier alpha value is -6.50. The lowest BCUT2D eigenvalue weighted by molar-refractivity contribution is -0.144. The number of benzene rings is 4. The van der Waals surface area contributed by atoms with Gasteiger partial charge in [-0.2, -0.15) is 4.99 Å². The molecule has 5 N–H and O–H groups in total. The Labute approximate surface area is 295 Å². The number of nitrogens with zero attached hydrogens (tertiary/aromatic N) is 1. The molecule has 0 aliphatic heterocycles. The summed E-state index contributed by atoms with van der Waals surface area (Å²) in [5.41, 5.74) is 9.48. The highest BCUT2D eigenvalue weighted by molar-refractivity contribution is 6.02. The Balaban J connectivity index is 1.29. The number of nitrogens with one attached hydrogen (secondary N) is 3. The molecule has 0 aliphatic carbocycles. The van der Waals surface area contributed by atoms with Crippen LogP contribution in [-0.4, -0.2) is 54.9 Å². The first-order valence-corrected chi connectivity index (χ1v) is 16.1. The van der Waals surface area contributed by atoms with Crippen LogP contribution in [0.25, 0.3) is 0 Å². The summed E-state index contributed by atoms with van der Waals surface area (Å²) >= 11 is 0. The van der Waals surface area contributed by atoms with E-state index in [0.717, 1.165) is 16.7 Å². The van der Waals surface area contributed by atoms with Gasteiger partial charge in [0.25, 0.3) is 0 Å². The third-order valence-electron chi connectivity index (χ3n) is 7.24. The van der Waals surface area contributed by atoms with Crippen LogP contribution in [-0.2, 0) is 54.8 Å². The minimum Gasteiger partial charge on any atom is -0.461 e. The number of amidine groups is 1. The van der Waals surface area contributed by atoms with Crippen molar-refractivity contribution in [2.45, 2.75) is 38.7 Å². The molecule has 0 fully saturated rings. The van der Waals surface area contributed by atoms with E-state index >= 15 is 0 Å². The van der Waals surface area contributed by atoms with Crippen molar-refractivity contribution in [3.8, 4) is 0 Å². The van der Waals surface area contributed by atoms with Crippen LogP contribution < -0.4 is 21.7 Å². The van der Waals surface area contributed by atoms with E-state index in [-0.39, 0.29) is 45.0 Å². The zero-order valence-electron chi connectivity index (χ0n) is 27.8. The summed E-state index contributed by atoms with van der Waals surface area (Å²) in [6, 6.07) is 32.8. The van der Waals surface area contributed by atoms with Gasteiger partial charge in [0, 0.05) is 18.5 Å². The van der Waals surface area contributed by atoms with E-state index in [1.807, 2.05) is 66.7 Å². The first-order valence-electron chi connectivity index (χ1n) is 16.1. The summed E-state index contributed by atoms with van der Waals surface area (Å²) in [7, 11) is 0. The standard InChI is InChI=1S/C38H39N5O8/c39-35(43-38(48)51-26-30-14-8-3-9-15-30)31-18-16-27(17-19-31)22-32(42-37(47)50-25-29-12-6-2-7-13-29)36(46)41-23-33(44)40-21-20-34(45)49-24-28-10-4-1-5-11-28/h1-19,32H,20-26H2,(H,40,44)(H,41,46)(H,42,47)(H2,39,43,48)/t32-/m0/s1. The Kier molecular flexibility index (Phi) is 14.7. The van der Waals surface area contributed by atoms with Gasteiger partial charge in [0.1, 0.15) is 31.7 Å². The minimum atomic E-state index is -1.13. The molecule has 0 bridgehead atoms. The maximum atomic E-state index is 13.2. The molecule has 0 heterocycles. The molecule has 264 valence electrons. The molecule has 0 aliphatic rings. The number of ether oxygens (including phenoxy) is 3. The number of aliphatic imine (C=N–C) groups is 1. The van der Waals surface area contributed by atoms with Crippen LogP contribution in [0.15, 0.2) is 120 Å². The van der Waals surface area contributed by atoms with E-state index in [2.05, 4.69) is 20.9 Å². The zero-order chi connectivity index (χ0) is 36.3. The molecule has 51 heavy (non-hydrogen) atoms. The molecular weight excluding hydrogens is 654 g/mol. The smallest absolute Gasteiger partial charge is 0.435 e. The second-order valence-electron chi connectivity index (χ2n) is 11.2. The molecule has 0 spiro atoms. The largest absolute Gasteiger partial charge is 0.461 e. The molecule has 13 heteroatoms. The zero-order valence-corrected chi connectivity index (χ0v) is 27.8. The van der Waals surface area contributed by atoms with Gasteiger partial charge in [-0.1, -0.05) is 115 Å². The van der Waals surface area contributed by atoms with Gasteiger partial charge >= 0.3 is 18.2 Å². The van der Waals surface area contributed by atoms with Gasteiger partial charge in [-0.05, 0) is 22.3 Å². The van der Waals surface area contributed by atoms with Gasteiger partial charge in [0.05, 0.1) is 13.0 Å². The maximum absolute atomic E-state index is 13.2. The molecule has 4 rings (SSSR count). The molecule has 0 saturated carbocycles. The quantitative estimate of drug-likeness (QED) is 0.0584. The van der Waals surface area contributed by atoms with Crippen molar-refractivity contribution >= 4 is 35.8 Å². The Bertz CT molecular complexity index is 1770. The van der Waals surface area contributed by atoms with Crippen molar-refractivity contribution in [2.75, 3.05) is 13.1 Å². The molecule has 0 saturated heterocycles. The second-order valence-corrected chi connectivity index (χ2v) is 11.2. The fraction of sp³-hybridized carbons (Fsp3) is 0.211. The number of carbonyl (C=O) groups excluding carboxylic acids is 5. The number of amides is 4. The molecule has 1 atom stereocenters. The van der Waals surface area contributed by atoms with E-state index in [1.165, 1.54) is 0 Å². The van der Waals surface area contributed by atoms with Gasteiger partial charge < -0.3 is 35.9 Å². The number of carbonyl (C=O) groups is 5. The lowest BCUT2D eigenvalue weighted by Gasteiger charge is -2.19. The summed E-state index contributed by atoms with van der Waals surface area (Å²) in [6.45, 7) is -0.233. The summed E-state index contributed by atoms with van der Waals surface area (Å²) in [5, 5.41) is 7.63. The molecule has 0 aromatic heterocycles. The highest BCUT2D eigenvalue weighted by atomic mass is 16.6. The SMILES string of the molecule is NC(=NC(=O)OCc1ccccc1)c1ccc(C[C@H](NC(=O)OCc2ccccc2)C(=O)NCC(=O)NCCC(=O)OCc2ccccc2)cc1. The van der Waals surface area contributed by atoms with Gasteiger partial charge in [0.2, 0.25) is 11.8 Å². The first kappa shape index (κ1) is 37.3. The van der Waals surface area contributed by atoms with Crippen LogP contribution >= 0.6 is 0 Å². The molecule has 0 radical (unpaired) electrons. The number of rotatable bonds is 16. The van der Waals surface area contributed by atoms with Crippen molar-refractivity contribution < 1.29 is 38.2 Å². The average molecular weight is 694 g/mol.